The molecule has 0 aliphatic rings. The van der Waals surface area contributed by atoms with Crippen molar-refractivity contribution in [2.24, 2.45) is 0 Å². The summed E-state index contributed by atoms with van der Waals surface area (Å²) in [6.07, 6.45) is 1.45. The van der Waals surface area contributed by atoms with Crippen molar-refractivity contribution >= 4 is 16.8 Å². The number of carbonyl (C=O) groups excluding carboxylic acids is 1. The molecule has 0 radical (unpaired) electrons. The maximum absolute atomic E-state index is 12.9. The van der Waals surface area contributed by atoms with Crippen LogP contribution in [0.25, 0.3) is 10.9 Å². The maximum atomic E-state index is 12.9. The number of pyridine rings is 1. The number of amides is 1. The third-order valence-electron chi connectivity index (χ3n) is 2.63. The fraction of sp³-hybridized carbons (Fsp3) is 0.231. The van der Waals surface area contributed by atoms with E-state index >= 15 is 0 Å². The number of fused-ring (bicyclic) bond motifs is 1. The summed E-state index contributed by atoms with van der Waals surface area (Å²) in [6.45, 7) is -2.21. The number of nitrogens with zero attached hydrogens (tertiary/aromatic N) is 1. The van der Waals surface area contributed by atoms with Gasteiger partial charge in [-0.15, -0.1) is 0 Å². The van der Waals surface area contributed by atoms with Gasteiger partial charge in [-0.1, -0.05) is 18.2 Å². The summed E-state index contributed by atoms with van der Waals surface area (Å²) < 4.78 is 25.7. The van der Waals surface area contributed by atoms with Gasteiger partial charge in [0, 0.05) is 11.6 Å². The van der Waals surface area contributed by atoms with Crippen LogP contribution in [0.3, 0.4) is 0 Å². The lowest BCUT2D eigenvalue weighted by Gasteiger charge is -2.14. The second kappa shape index (κ2) is 5.27. The lowest BCUT2D eigenvalue weighted by molar-refractivity contribution is -0.0461. The quantitative estimate of drug-likeness (QED) is 0.883. The molecule has 0 atom stereocenters. The second-order valence-corrected chi connectivity index (χ2v) is 4.07. The van der Waals surface area contributed by atoms with Crippen LogP contribution in [-0.2, 0) is 0 Å². The van der Waals surface area contributed by atoms with Crippen molar-refractivity contribution in [2.45, 2.75) is 5.92 Å². The van der Waals surface area contributed by atoms with Crippen molar-refractivity contribution in [3.05, 3.63) is 42.1 Å². The SMILES string of the molecule is O=C(NCC(F)(F)CO)c1ccnc2ccccc12. The van der Waals surface area contributed by atoms with Gasteiger partial charge in [-0.25, -0.2) is 8.78 Å². The molecule has 0 unspecified atom stereocenters. The largest absolute Gasteiger partial charge is 0.390 e. The van der Waals surface area contributed by atoms with E-state index in [0.29, 0.717) is 10.9 Å². The van der Waals surface area contributed by atoms with Crippen LogP contribution in [0.4, 0.5) is 8.78 Å². The van der Waals surface area contributed by atoms with Crippen molar-refractivity contribution in [2.75, 3.05) is 13.2 Å². The minimum Gasteiger partial charge on any atom is -0.390 e. The van der Waals surface area contributed by atoms with Crippen LogP contribution in [-0.4, -0.2) is 35.1 Å². The van der Waals surface area contributed by atoms with Gasteiger partial charge in [-0.3, -0.25) is 9.78 Å². The van der Waals surface area contributed by atoms with E-state index < -0.39 is 25.0 Å². The fourth-order valence-corrected chi connectivity index (χ4v) is 1.65. The Labute approximate surface area is 108 Å². The first-order valence-corrected chi connectivity index (χ1v) is 5.64. The summed E-state index contributed by atoms with van der Waals surface area (Å²) in [7, 11) is 0. The molecule has 0 bridgehead atoms. The van der Waals surface area contributed by atoms with E-state index in [2.05, 4.69) is 10.3 Å². The normalized spacial score (nSPS) is 11.5. The van der Waals surface area contributed by atoms with Crippen molar-refractivity contribution in [3.63, 3.8) is 0 Å². The Hall–Kier alpha value is -2.08. The highest BCUT2D eigenvalue weighted by Gasteiger charge is 2.28. The molecule has 6 heteroatoms. The number of aromatic nitrogens is 1. The molecule has 2 aromatic rings. The minimum absolute atomic E-state index is 0.277. The number of rotatable bonds is 4. The molecule has 0 aliphatic heterocycles. The van der Waals surface area contributed by atoms with E-state index in [1.807, 2.05) is 0 Å². The molecule has 1 heterocycles. The van der Waals surface area contributed by atoms with Crippen LogP contribution < -0.4 is 5.32 Å². The monoisotopic (exact) mass is 266 g/mol. The van der Waals surface area contributed by atoms with E-state index in [1.165, 1.54) is 12.3 Å². The summed E-state index contributed by atoms with van der Waals surface area (Å²) in [6, 6.07) is 8.41. The van der Waals surface area contributed by atoms with Crippen molar-refractivity contribution in [1.82, 2.24) is 10.3 Å². The third-order valence-corrected chi connectivity index (χ3v) is 2.63. The Morgan fingerprint density at radius 2 is 2.05 bits per heavy atom. The van der Waals surface area contributed by atoms with Crippen LogP contribution >= 0.6 is 0 Å². The van der Waals surface area contributed by atoms with Crippen LogP contribution in [0.15, 0.2) is 36.5 Å². The van der Waals surface area contributed by atoms with Gasteiger partial charge in [-0.05, 0) is 12.1 Å². The van der Waals surface area contributed by atoms with Gasteiger partial charge >= 0.3 is 0 Å². The van der Waals surface area contributed by atoms with Gasteiger partial charge in [-0.2, -0.15) is 0 Å². The molecule has 4 nitrogen and oxygen atoms in total. The number of alkyl halides is 2. The molecule has 1 amide bonds. The Morgan fingerprint density at radius 3 is 2.79 bits per heavy atom. The van der Waals surface area contributed by atoms with E-state index in [1.54, 1.807) is 24.3 Å². The fourth-order valence-electron chi connectivity index (χ4n) is 1.65. The minimum atomic E-state index is -3.32. The first-order valence-electron chi connectivity index (χ1n) is 5.64. The van der Waals surface area contributed by atoms with E-state index in [-0.39, 0.29) is 5.56 Å². The molecular formula is C13H12F2N2O2. The standard InChI is InChI=1S/C13H12F2N2O2/c14-13(15,8-18)7-17-12(19)10-5-6-16-11-4-2-1-3-9(10)11/h1-6,18H,7-8H2,(H,17,19). The van der Waals surface area contributed by atoms with E-state index in [0.717, 1.165) is 0 Å². The molecule has 19 heavy (non-hydrogen) atoms. The number of hydrogen-bond acceptors (Lipinski definition) is 3. The van der Waals surface area contributed by atoms with Gasteiger partial charge in [0.05, 0.1) is 17.6 Å². The number of nitrogens with one attached hydrogen (secondary N) is 1. The van der Waals surface area contributed by atoms with Crippen molar-refractivity contribution < 1.29 is 18.7 Å². The third kappa shape index (κ3) is 3.03. The Kier molecular flexibility index (Phi) is 3.71. The summed E-state index contributed by atoms with van der Waals surface area (Å²) in [5.41, 5.74) is 0.892. The van der Waals surface area contributed by atoms with Crippen molar-refractivity contribution in [3.8, 4) is 0 Å². The van der Waals surface area contributed by atoms with Gasteiger partial charge in [0.2, 0.25) is 0 Å². The van der Waals surface area contributed by atoms with Crippen molar-refractivity contribution in [1.29, 1.82) is 0 Å². The number of aliphatic hydroxyl groups excluding tert-OH is 1. The summed E-state index contributed by atoms with van der Waals surface area (Å²) in [4.78, 5) is 15.9. The molecule has 0 saturated heterocycles. The molecule has 1 aromatic heterocycles. The number of carbonyl (C=O) groups is 1. The zero-order valence-electron chi connectivity index (χ0n) is 9.94. The Morgan fingerprint density at radius 1 is 1.32 bits per heavy atom. The number of halogens is 2. The number of benzene rings is 1. The lowest BCUT2D eigenvalue weighted by atomic mass is 10.1. The van der Waals surface area contributed by atoms with Crippen LogP contribution in [0, 0.1) is 0 Å². The number of hydrogen-bond donors (Lipinski definition) is 2. The highest BCUT2D eigenvalue weighted by atomic mass is 19.3. The Bertz CT molecular complexity index is 597. The summed E-state index contributed by atoms with van der Waals surface area (Å²) in [5, 5.41) is 11.1. The Balaban J connectivity index is 2.23. The van der Waals surface area contributed by atoms with Crippen LogP contribution in [0.1, 0.15) is 10.4 Å². The molecule has 100 valence electrons. The van der Waals surface area contributed by atoms with Gasteiger partial charge < -0.3 is 10.4 Å². The van der Waals surface area contributed by atoms with E-state index in [9.17, 15) is 13.6 Å². The topological polar surface area (TPSA) is 62.2 Å². The average Bonchev–Trinajstić information content (AvgIpc) is 2.44. The van der Waals surface area contributed by atoms with Gasteiger partial charge in [0.25, 0.3) is 11.8 Å². The summed E-state index contributed by atoms with van der Waals surface area (Å²) >= 11 is 0. The molecule has 2 N–H and O–H groups in total. The first-order chi connectivity index (χ1) is 9.03. The molecular weight excluding hydrogens is 254 g/mol. The molecule has 1 aromatic carbocycles. The van der Waals surface area contributed by atoms with Crippen LogP contribution in [0.2, 0.25) is 0 Å². The summed E-state index contributed by atoms with van der Waals surface area (Å²) in [5.74, 6) is -3.94. The lowest BCUT2D eigenvalue weighted by Crippen LogP contribution is -2.39. The highest BCUT2D eigenvalue weighted by Crippen LogP contribution is 2.16. The predicted octanol–water partition coefficient (Wildman–Crippen LogP) is 1.59. The first kappa shape index (κ1) is 13.4. The average molecular weight is 266 g/mol. The zero-order valence-corrected chi connectivity index (χ0v) is 9.94. The molecule has 0 saturated carbocycles. The van der Waals surface area contributed by atoms with E-state index in [4.69, 9.17) is 5.11 Å². The van der Waals surface area contributed by atoms with Gasteiger partial charge in [0.15, 0.2) is 0 Å². The highest BCUT2D eigenvalue weighted by molar-refractivity contribution is 6.05. The molecule has 0 aliphatic carbocycles. The number of para-hydroxylation sites is 1. The predicted molar refractivity (Wildman–Crippen MR) is 66.1 cm³/mol. The molecule has 2 rings (SSSR count). The molecule has 0 fully saturated rings. The molecule has 0 spiro atoms. The number of aliphatic hydroxyl groups is 1. The zero-order chi connectivity index (χ0) is 13.9. The second-order valence-electron chi connectivity index (χ2n) is 4.07. The van der Waals surface area contributed by atoms with Crippen LogP contribution in [0.5, 0.6) is 0 Å². The smallest absolute Gasteiger partial charge is 0.287 e. The van der Waals surface area contributed by atoms with Gasteiger partial charge in [0.1, 0.15) is 6.61 Å². The maximum Gasteiger partial charge on any atom is 0.287 e.